The van der Waals surface area contributed by atoms with E-state index in [0.29, 0.717) is 18.1 Å². The fourth-order valence-corrected chi connectivity index (χ4v) is 1.58. The molecule has 0 atom stereocenters. The van der Waals surface area contributed by atoms with E-state index in [1.807, 2.05) is 0 Å². The van der Waals surface area contributed by atoms with Crippen LogP contribution in [0.15, 0.2) is 12.1 Å². The minimum atomic E-state index is -0.577. The van der Waals surface area contributed by atoms with Crippen LogP contribution in [-0.2, 0) is 16.1 Å². The zero-order valence-corrected chi connectivity index (χ0v) is 13.2. The Morgan fingerprint density at radius 3 is 2.59 bits per heavy atom. The molecule has 1 aromatic rings. The Bertz CT molecular complexity index is 600. The lowest BCUT2D eigenvalue weighted by molar-refractivity contribution is -0.119. The molecule has 22 heavy (non-hydrogen) atoms. The summed E-state index contributed by atoms with van der Waals surface area (Å²) in [5.74, 6) is 0.0494. The predicted molar refractivity (Wildman–Crippen MR) is 82.1 cm³/mol. The van der Waals surface area contributed by atoms with E-state index in [1.54, 1.807) is 39.8 Å². The standard InChI is InChI=1S/C15H20N4O3/c1-10-11(8-17-13(20)9-16-5)6-7-12(18-10)19-14(21)22-15(2,3)4/h6-7H,8-9H2,1-4H3,(H,17,20)(H,18,19,21). The molecular weight excluding hydrogens is 284 g/mol. The van der Waals surface area contributed by atoms with Crippen molar-refractivity contribution in [2.45, 2.75) is 39.8 Å². The summed E-state index contributed by atoms with van der Waals surface area (Å²) in [5, 5.41) is 5.18. The highest BCUT2D eigenvalue weighted by Gasteiger charge is 2.16. The van der Waals surface area contributed by atoms with Gasteiger partial charge >= 0.3 is 6.09 Å². The molecule has 0 spiro atoms. The highest BCUT2D eigenvalue weighted by atomic mass is 16.6. The maximum absolute atomic E-state index is 11.7. The molecule has 0 radical (unpaired) electrons. The third-order valence-corrected chi connectivity index (χ3v) is 2.52. The molecule has 0 saturated carbocycles. The van der Waals surface area contributed by atoms with Crippen molar-refractivity contribution in [3.63, 3.8) is 0 Å². The number of pyridine rings is 1. The van der Waals surface area contributed by atoms with Gasteiger partial charge in [0, 0.05) is 12.2 Å². The zero-order chi connectivity index (χ0) is 16.8. The normalized spacial score (nSPS) is 10.5. The van der Waals surface area contributed by atoms with Gasteiger partial charge in [-0.05, 0) is 39.3 Å². The van der Waals surface area contributed by atoms with Crippen LogP contribution in [-0.4, -0.2) is 29.1 Å². The largest absolute Gasteiger partial charge is 0.444 e. The van der Waals surface area contributed by atoms with Crippen LogP contribution in [0.2, 0.25) is 0 Å². The second-order valence-corrected chi connectivity index (χ2v) is 5.66. The number of nitrogens with zero attached hydrogens (tertiary/aromatic N) is 2. The Balaban J connectivity index is 2.64. The summed E-state index contributed by atoms with van der Waals surface area (Å²) in [6.07, 6.45) is -0.572. The van der Waals surface area contributed by atoms with Crippen molar-refractivity contribution < 1.29 is 14.3 Å². The number of aryl methyl sites for hydroxylation is 1. The number of ether oxygens (including phenoxy) is 1. The molecule has 0 aliphatic heterocycles. The van der Waals surface area contributed by atoms with Crippen molar-refractivity contribution in [1.82, 2.24) is 10.3 Å². The summed E-state index contributed by atoms with van der Waals surface area (Å²) in [7, 11) is 0. The summed E-state index contributed by atoms with van der Waals surface area (Å²) >= 11 is 0. The second kappa shape index (κ2) is 7.41. The summed E-state index contributed by atoms with van der Waals surface area (Å²) in [5.41, 5.74) is 0.913. The minimum Gasteiger partial charge on any atom is -0.444 e. The third kappa shape index (κ3) is 6.22. The van der Waals surface area contributed by atoms with Crippen molar-refractivity contribution in [3.05, 3.63) is 34.8 Å². The first-order valence-electron chi connectivity index (χ1n) is 6.77. The van der Waals surface area contributed by atoms with Gasteiger partial charge in [0.15, 0.2) is 0 Å². The number of anilines is 1. The van der Waals surface area contributed by atoms with Gasteiger partial charge in [-0.2, -0.15) is 0 Å². The molecule has 7 nitrogen and oxygen atoms in total. The molecule has 0 bridgehead atoms. The number of amides is 2. The van der Waals surface area contributed by atoms with Gasteiger partial charge in [0.2, 0.25) is 0 Å². The maximum Gasteiger partial charge on any atom is 0.413 e. The van der Waals surface area contributed by atoms with E-state index in [9.17, 15) is 9.59 Å². The third-order valence-electron chi connectivity index (χ3n) is 2.52. The molecule has 0 saturated heterocycles. The van der Waals surface area contributed by atoms with Crippen LogP contribution in [0, 0.1) is 13.5 Å². The quantitative estimate of drug-likeness (QED) is 0.836. The number of rotatable bonds is 4. The van der Waals surface area contributed by atoms with Gasteiger partial charge in [-0.1, -0.05) is 6.07 Å². The minimum absolute atomic E-state index is 0.190. The van der Waals surface area contributed by atoms with E-state index in [-0.39, 0.29) is 12.5 Å². The fourth-order valence-electron chi connectivity index (χ4n) is 1.58. The van der Waals surface area contributed by atoms with E-state index < -0.39 is 11.7 Å². The molecule has 0 aliphatic carbocycles. The summed E-state index contributed by atoms with van der Waals surface area (Å²) in [6.45, 7) is 13.8. The first-order valence-corrected chi connectivity index (χ1v) is 6.77. The number of hydrogen-bond acceptors (Lipinski definition) is 4. The van der Waals surface area contributed by atoms with Crippen LogP contribution in [0.3, 0.4) is 0 Å². The topological polar surface area (TPSA) is 84.7 Å². The molecule has 1 rings (SSSR count). The van der Waals surface area contributed by atoms with Gasteiger partial charge in [-0.3, -0.25) is 10.1 Å². The number of nitrogens with one attached hydrogen (secondary N) is 2. The molecule has 0 aliphatic rings. The molecule has 7 heteroatoms. The maximum atomic E-state index is 11.7. The first kappa shape index (κ1) is 17.4. The second-order valence-electron chi connectivity index (χ2n) is 5.66. The van der Waals surface area contributed by atoms with Crippen LogP contribution in [0.25, 0.3) is 4.85 Å². The molecule has 118 valence electrons. The average molecular weight is 304 g/mol. The Morgan fingerprint density at radius 1 is 1.36 bits per heavy atom. The van der Waals surface area contributed by atoms with Gasteiger partial charge in [0.25, 0.3) is 12.5 Å². The Labute approximate surface area is 129 Å². The monoisotopic (exact) mass is 304 g/mol. The van der Waals surface area contributed by atoms with Crippen LogP contribution < -0.4 is 10.6 Å². The highest BCUT2D eigenvalue weighted by Crippen LogP contribution is 2.13. The Morgan fingerprint density at radius 2 is 2.05 bits per heavy atom. The molecule has 2 N–H and O–H groups in total. The Hall–Kier alpha value is -2.62. The fraction of sp³-hybridized carbons (Fsp3) is 0.467. The molecule has 1 aromatic heterocycles. The van der Waals surface area contributed by atoms with Crippen molar-refractivity contribution in [2.24, 2.45) is 0 Å². The van der Waals surface area contributed by atoms with Crippen molar-refractivity contribution in [3.8, 4) is 0 Å². The van der Waals surface area contributed by atoms with Gasteiger partial charge in [0.05, 0.1) is 0 Å². The molecule has 2 amide bonds. The average Bonchev–Trinajstić information content (AvgIpc) is 2.35. The zero-order valence-electron chi connectivity index (χ0n) is 13.2. The number of carbonyl (C=O) groups is 2. The predicted octanol–water partition coefficient (Wildman–Crippen LogP) is 2.27. The summed E-state index contributed by atoms with van der Waals surface area (Å²) < 4.78 is 5.14. The van der Waals surface area contributed by atoms with E-state index >= 15 is 0 Å². The van der Waals surface area contributed by atoms with Gasteiger partial charge < -0.3 is 14.9 Å². The van der Waals surface area contributed by atoms with Crippen molar-refractivity contribution in [2.75, 3.05) is 11.9 Å². The molecule has 1 heterocycles. The number of aromatic nitrogens is 1. The Kier molecular flexibility index (Phi) is 5.87. The van der Waals surface area contributed by atoms with Crippen LogP contribution in [0.5, 0.6) is 0 Å². The van der Waals surface area contributed by atoms with Crippen LogP contribution in [0.1, 0.15) is 32.0 Å². The SMILES string of the molecule is [C-]#[N+]CC(=O)NCc1ccc(NC(=O)OC(C)(C)C)nc1C. The van der Waals surface area contributed by atoms with Gasteiger partial charge in [-0.15, -0.1) is 0 Å². The lowest BCUT2D eigenvalue weighted by atomic mass is 10.2. The molecule has 0 unspecified atom stereocenters. The lowest BCUT2D eigenvalue weighted by Gasteiger charge is -2.19. The van der Waals surface area contributed by atoms with Crippen LogP contribution >= 0.6 is 0 Å². The van der Waals surface area contributed by atoms with E-state index in [0.717, 1.165) is 5.56 Å². The number of carbonyl (C=O) groups excluding carboxylic acids is 2. The first-order chi connectivity index (χ1) is 10.2. The summed E-state index contributed by atoms with van der Waals surface area (Å²) in [6, 6.07) is 3.39. The highest BCUT2D eigenvalue weighted by molar-refractivity contribution is 5.83. The smallest absolute Gasteiger partial charge is 0.413 e. The number of hydrogen-bond donors (Lipinski definition) is 2. The van der Waals surface area contributed by atoms with Gasteiger partial charge in [0.1, 0.15) is 11.4 Å². The van der Waals surface area contributed by atoms with Crippen molar-refractivity contribution >= 4 is 17.8 Å². The van der Waals surface area contributed by atoms with Crippen molar-refractivity contribution in [1.29, 1.82) is 0 Å². The van der Waals surface area contributed by atoms with E-state index in [4.69, 9.17) is 11.3 Å². The van der Waals surface area contributed by atoms with Gasteiger partial charge in [-0.25, -0.2) is 16.4 Å². The lowest BCUT2D eigenvalue weighted by Crippen LogP contribution is -2.27. The van der Waals surface area contributed by atoms with Crippen LogP contribution in [0.4, 0.5) is 10.6 Å². The molecule has 0 aromatic carbocycles. The summed E-state index contributed by atoms with van der Waals surface area (Å²) in [4.78, 5) is 30.2. The van der Waals surface area contributed by atoms with E-state index in [1.165, 1.54) is 0 Å². The molecule has 0 fully saturated rings. The van der Waals surface area contributed by atoms with E-state index in [2.05, 4.69) is 20.5 Å². The molecular formula is C15H20N4O3.